The third-order valence-electron chi connectivity index (χ3n) is 10.5. The van der Waals surface area contributed by atoms with Crippen LogP contribution in [0, 0.1) is 16.7 Å². The fourth-order valence-corrected chi connectivity index (χ4v) is 10.9. The zero-order chi connectivity index (χ0) is 33.0. The van der Waals surface area contributed by atoms with E-state index in [0.717, 1.165) is 6.42 Å². The van der Waals surface area contributed by atoms with E-state index in [1.165, 1.54) is 90.9 Å². The Morgan fingerprint density at radius 1 is 0.717 bits per heavy atom. The van der Waals surface area contributed by atoms with E-state index in [4.69, 9.17) is 0 Å². The molecule has 3 aromatic carbocycles. The summed E-state index contributed by atoms with van der Waals surface area (Å²) in [6.45, 7) is 6.13. The Bertz CT molecular complexity index is 1410. The molecule has 2 unspecified atom stereocenters. The Labute approximate surface area is 281 Å². The van der Waals surface area contributed by atoms with Crippen LogP contribution in [0.4, 0.5) is 0 Å². The van der Waals surface area contributed by atoms with Crippen molar-refractivity contribution in [2.75, 3.05) is 5.75 Å². The standard InChI is InChI=1S/C30H39S.C10H16O4S/c1-2-3-4-5-6-7-8-9-10-13-18-27-23-25-30(26-24-27)31(28-19-14-11-15-20-28)29-21-16-12-17-22-29;1-9(2)7-3-4-10(9,8(11)5-7)6-15(12,13)14/h11-12,14-17,19-26H,2-10,13,18H2,1H3;7H,3-6H2,1-2H3,(H,12,13,14)/q+1;/p-1. The number of carbonyl (C=O) groups is 1. The first-order valence-corrected chi connectivity index (χ1v) is 20.3. The van der Waals surface area contributed by atoms with Crippen LogP contribution in [-0.4, -0.2) is 24.5 Å². The van der Waals surface area contributed by atoms with Gasteiger partial charge in [-0.25, -0.2) is 8.42 Å². The summed E-state index contributed by atoms with van der Waals surface area (Å²) in [6, 6.07) is 31.3. The second-order valence-electron chi connectivity index (χ2n) is 13.9. The fraction of sp³-hybridized carbons (Fsp3) is 0.525. The minimum absolute atomic E-state index is 0.0248. The molecule has 6 heteroatoms. The number of aryl methyl sites for hydroxylation is 1. The Hall–Kier alpha value is -2.41. The SMILES string of the molecule is CC1(C)C2CCC1(CS(=O)(=O)[O-])C(=O)C2.CCCCCCCCCCCCc1ccc([S+](c2ccccc2)c2ccccc2)cc1. The molecule has 0 spiro atoms. The summed E-state index contributed by atoms with van der Waals surface area (Å²) in [5.41, 5.74) is 0.257. The minimum Gasteiger partial charge on any atom is -0.748 e. The van der Waals surface area contributed by atoms with E-state index in [1.54, 1.807) is 0 Å². The summed E-state index contributed by atoms with van der Waals surface area (Å²) in [6.07, 6.45) is 17.1. The number of hydrogen-bond donors (Lipinski definition) is 0. The van der Waals surface area contributed by atoms with Crippen LogP contribution in [0.15, 0.2) is 99.6 Å². The molecular weight excluding hydrogens is 609 g/mol. The predicted octanol–water partition coefficient (Wildman–Crippen LogP) is 10.2. The number of ketones is 1. The van der Waals surface area contributed by atoms with Gasteiger partial charge in [-0.1, -0.05) is 127 Å². The lowest BCUT2D eigenvalue weighted by molar-refractivity contribution is -0.128. The minimum atomic E-state index is -4.33. The molecule has 0 N–H and O–H groups in total. The van der Waals surface area contributed by atoms with Crippen LogP contribution in [0.2, 0.25) is 0 Å². The maximum Gasteiger partial charge on any atom is 0.166 e. The third-order valence-corrected chi connectivity index (χ3v) is 13.6. The quantitative estimate of drug-likeness (QED) is 0.0869. The highest BCUT2D eigenvalue weighted by Crippen LogP contribution is 2.64. The van der Waals surface area contributed by atoms with Crippen LogP contribution >= 0.6 is 0 Å². The van der Waals surface area contributed by atoms with Crippen molar-refractivity contribution in [2.24, 2.45) is 16.7 Å². The van der Waals surface area contributed by atoms with Crippen LogP contribution < -0.4 is 0 Å². The second kappa shape index (κ2) is 17.1. The Kier molecular flexibility index (Phi) is 13.6. The van der Waals surface area contributed by atoms with E-state index in [1.807, 2.05) is 13.8 Å². The van der Waals surface area contributed by atoms with Gasteiger partial charge in [-0.2, -0.15) is 0 Å². The summed E-state index contributed by atoms with van der Waals surface area (Å²) in [5, 5.41) is 0. The van der Waals surface area contributed by atoms with Gasteiger partial charge in [0.1, 0.15) is 5.78 Å². The largest absolute Gasteiger partial charge is 0.748 e. The van der Waals surface area contributed by atoms with Gasteiger partial charge in [0, 0.05) is 11.8 Å². The van der Waals surface area contributed by atoms with Crippen LogP contribution in [0.1, 0.15) is 110 Å². The molecule has 2 aliphatic carbocycles. The molecule has 46 heavy (non-hydrogen) atoms. The van der Waals surface area contributed by atoms with E-state index in [9.17, 15) is 17.8 Å². The molecule has 0 aliphatic heterocycles. The molecule has 2 bridgehead atoms. The summed E-state index contributed by atoms with van der Waals surface area (Å²) in [7, 11) is -4.36. The number of Topliss-reactive ketones (excluding diaryl/α,β-unsaturated/α-hetero) is 1. The summed E-state index contributed by atoms with van der Waals surface area (Å²) in [4.78, 5) is 16.0. The maximum absolute atomic E-state index is 11.8. The normalized spacial score (nSPS) is 20.1. The molecule has 2 fully saturated rings. The maximum atomic E-state index is 11.8. The summed E-state index contributed by atoms with van der Waals surface area (Å²) >= 11 is 0. The summed E-state index contributed by atoms with van der Waals surface area (Å²) < 4.78 is 32.7. The number of benzene rings is 3. The van der Waals surface area contributed by atoms with E-state index >= 15 is 0 Å². The number of carbonyl (C=O) groups excluding carboxylic acids is 1. The summed E-state index contributed by atoms with van der Waals surface area (Å²) in [5.74, 6) is -0.280. The number of rotatable bonds is 16. The molecule has 0 radical (unpaired) electrons. The van der Waals surface area contributed by atoms with E-state index < -0.39 is 21.3 Å². The van der Waals surface area contributed by atoms with Gasteiger partial charge < -0.3 is 4.55 Å². The monoisotopic (exact) mass is 662 g/mol. The van der Waals surface area contributed by atoms with Gasteiger partial charge >= 0.3 is 0 Å². The molecular formula is C40H54O4S2. The fourth-order valence-electron chi connectivity index (χ4n) is 7.54. The number of fused-ring (bicyclic) bond motifs is 2. The van der Waals surface area contributed by atoms with Crippen molar-refractivity contribution in [3.8, 4) is 0 Å². The van der Waals surface area contributed by atoms with Gasteiger partial charge in [-0.3, -0.25) is 4.79 Å². The zero-order valence-electron chi connectivity index (χ0n) is 28.2. The number of unbranched alkanes of at least 4 members (excludes halogenated alkanes) is 9. The van der Waals surface area contributed by atoms with Gasteiger partial charge in [-0.15, -0.1) is 0 Å². The van der Waals surface area contributed by atoms with Crippen molar-refractivity contribution >= 4 is 26.8 Å². The average Bonchev–Trinajstić information content (AvgIpc) is 3.38. The van der Waals surface area contributed by atoms with Gasteiger partial charge in [0.15, 0.2) is 14.7 Å². The molecule has 2 saturated carbocycles. The molecule has 0 saturated heterocycles. The third kappa shape index (κ3) is 9.58. The Morgan fingerprint density at radius 2 is 1.20 bits per heavy atom. The van der Waals surface area contributed by atoms with Crippen LogP contribution in [0.5, 0.6) is 0 Å². The van der Waals surface area contributed by atoms with E-state index in [-0.39, 0.29) is 28.0 Å². The topological polar surface area (TPSA) is 74.3 Å². The first kappa shape index (κ1) is 36.4. The highest BCUT2D eigenvalue weighted by Gasteiger charge is 2.64. The van der Waals surface area contributed by atoms with Crippen LogP contribution in [0.25, 0.3) is 0 Å². The van der Waals surface area contributed by atoms with Crippen molar-refractivity contribution in [3.05, 3.63) is 90.5 Å². The Morgan fingerprint density at radius 3 is 1.63 bits per heavy atom. The van der Waals surface area contributed by atoms with Crippen molar-refractivity contribution in [1.29, 1.82) is 0 Å². The van der Waals surface area contributed by atoms with Gasteiger partial charge in [-0.05, 0) is 79.0 Å². The van der Waals surface area contributed by atoms with Gasteiger partial charge in [0.25, 0.3) is 0 Å². The smallest absolute Gasteiger partial charge is 0.166 e. The molecule has 5 rings (SSSR count). The predicted molar refractivity (Wildman–Crippen MR) is 190 cm³/mol. The molecule has 0 aromatic heterocycles. The van der Waals surface area contributed by atoms with Crippen molar-refractivity contribution in [1.82, 2.24) is 0 Å². The molecule has 4 nitrogen and oxygen atoms in total. The highest BCUT2D eigenvalue weighted by atomic mass is 32.2. The van der Waals surface area contributed by atoms with Crippen molar-refractivity contribution < 1.29 is 17.8 Å². The lowest BCUT2D eigenvalue weighted by atomic mass is 9.70. The van der Waals surface area contributed by atoms with Crippen LogP contribution in [-0.2, 0) is 32.2 Å². The first-order valence-electron chi connectivity index (χ1n) is 17.5. The molecule has 0 amide bonds. The molecule has 250 valence electrons. The zero-order valence-corrected chi connectivity index (χ0v) is 29.8. The Balaban J connectivity index is 0.000000266. The molecule has 3 aromatic rings. The van der Waals surface area contributed by atoms with Crippen molar-refractivity contribution in [2.45, 2.75) is 125 Å². The first-order chi connectivity index (χ1) is 22.1. The van der Waals surface area contributed by atoms with Gasteiger partial charge in [0.2, 0.25) is 0 Å². The second-order valence-corrected chi connectivity index (χ2v) is 17.3. The number of hydrogen-bond acceptors (Lipinski definition) is 4. The van der Waals surface area contributed by atoms with Crippen molar-refractivity contribution in [3.63, 3.8) is 0 Å². The lowest BCUT2D eigenvalue weighted by Crippen LogP contribution is -2.42. The molecule has 2 aliphatic rings. The van der Waals surface area contributed by atoms with E-state index in [2.05, 4.69) is 91.9 Å². The molecule has 0 heterocycles. The highest BCUT2D eigenvalue weighted by molar-refractivity contribution is 7.97. The van der Waals surface area contributed by atoms with Gasteiger partial charge in [0.05, 0.1) is 26.8 Å². The van der Waals surface area contributed by atoms with E-state index in [0.29, 0.717) is 12.8 Å². The average molecular weight is 663 g/mol. The lowest BCUT2D eigenvalue weighted by Gasteiger charge is -2.37. The van der Waals surface area contributed by atoms with Crippen LogP contribution in [0.3, 0.4) is 0 Å². The molecule has 2 atom stereocenters.